The molecule has 0 radical (unpaired) electrons. The zero-order chi connectivity index (χ0) is 17.3. The molecule has 0 saturated carbocycles. The molecule has 2 aromatic carbocycles. The SMILES string of the molecule is CC(C)N(C(=O)C[n+]1cc2ccccc2c2ccccc21)C(C)C.[Br-]. The first-order chi connectivity index (χ1) is 11.5. The van der Waals surface area contributed by atoms with Crippen LogP contribution >= 0.6 is 0 Å². The quantitative estimate of drug-likeness (QED) is 0.472. The van der Waals surface area contributed by atoms with Gasteiger partial charge in [-0.25, -0.2) is 0 Å². The highest BCUT2D eigenvalue weighted by Gasteiger charge is 2.25. The van der Waals surface area contributed by atoms with Crippen molar-refractivity contribution >= 4 is 27.6 Å². The third-order valence-electron chi connectivity index (χ3n) is 4.47. The second kappa shape index (κ2) is 7.96. The van der Waals surface area contributed by atoms with Crippen LogP contribution in [0.2, 0.25) is 0 Å². The van der Waals surface area contributed by atoms with E-state index in [0.717, 1.165) is 10.9 Å². The number of fused-ring (bicyclic) bond motifs is 3. The van der Waals surface area contributed by atoms with E-state index in [-0.39, 0.29) is 35.0 Å². The van der Waals surface area contributed by atoms with Crippen LogP contribution in [0.4, 0.5) is 0 Å². The van der Waals surface area contributed by atoms with Crippen molar-refractivity contribution in [3.05, 3.63) is 54.7 Å². The molecule has 3 rings (SSSR count). The summed E-state index contributed by atoms with van der Waals surface area (Å²) in [7, 11) is 0. The summed E-state index contributed by atoms with van der Waals surface area (Å²) in [5, 5.41) is 3.56. The van der Waals surface area contributed by atoms with Crippen molar-refractivity contribution in [2.45, 2.75) is 46.3 Å². The third kappa shape index (κ3) is 3.84. The highest BCUT2D eigenvalue weighted by atomic mass is 79.9. The number of para-hydroxylation sites is 1. The first kappa shape index (κ1) is 19.4. The molecule has 0 unspecified atom stereocenters. The number of hydrogen-bond acceptors (Lipinski definition) is 1. The van der Waals surface area contributed by atoms with Gasteiger partial charge in [0.25, 0.3) is 5.91 Å². The Kier molecular flexibility index (Phi) is 6.17. The molecule has 0 bridgehead atoms. The van der Waals surface area contributed by atoms with Crippen molar-refractivity contribution < 1.29 is 26.3 Å². The molecule has 0 spiro atoms. The van der Waals surface area contributed by atoms with Crippen LogP contribution in [0.3, 0.4) is 0 Å². The van der Waals surface area contributed by atoms with Crippen molar-refractivity contribution in [2.24, 2.45) is 0 Å². The van der Waals surface area contributed by atoms with Crippen molar-refractivity contribution in [1.29, 1.82) is 0 Å². The van der Waals surface area contributed by atoms with Crippen LogP contribution in [0, 0.1) is 0 Å². The summed E-state index contributed by atoms with van der Waals surface area (Å²) in [4.78, 5) is 14.8. The van der Waals surface area contributed by atoms with Crippen LogP contribution in [-0.4, -0.2) is 22.9 Å². The lowest BCUT2D eigenvalue weighted by molar-refractivity contribution is -0.658. The number of amides is 1. The minimum atomic E-state index is 0. The average molecular weight is 401 g/mol. The standard InChI is InChI=1S/C21H25N2O.BrH/c1-15(2)23(16(3)4)21(24)14-22-13-17-9-5-6-10-18(17)19-11-7-8-12-20(19)22;/h5-13,15-16H,14H2,1-4H3;1H/q+1;/p-1. The molecule has 0 aliphatic rings. The van der Waals surface area contributed by atoms with Gasteiger partial charge in [0.05, 0.1) is 5.39 Å². The summed E-state index contributed by atoms with van der Waals surface area (Å²) in [6.07, 6.45) is 2.09. The molecule has 25 heavy (non-hydrogen) atoms. The van der Waals surface area contributed by atoms with Crippen molar-refractivity contribution in [3.63, 3.8) is 0 Å². The lowest BCUT2D eigenvalue weighted by Gasteiger charge is -2.29. The smallest absolute Gasteiger partial charge is 0.289 e. The van der Waals surface area contributed by atoms with Crippen LogP contribution in [0.1, 0.15) is 27.7 Å². The van der Waals surface area contributed by atoms with Crippen molar-refractivity contribution in [2.75, 3.05) is 0 Å². The number of benzene rings is 2. The second-order valence-corrected chi connectivity index (χ2v) is 6.85. The highest BCUT2D eigenvalue weighted by Crippen LogP contribution is 2.22. The van der Waals surface area contributed by atoms with Gasteiger partial charge in [-0.3, -0.25) is 4.79 Å². The summed E-state index contributed by atoms with van der Waals surface area (Å²) < 4.78 is 2.08. The predicted molar refractivity (Wildman–Crippen MR) is 98.8 cm³/mol. The molecule has 1 heterocycles. The van der Waals surface area contributed by atoms with Crippen LogP contribution in [0.5, 0.6) is 0 Å². The van der Waals surface area contributed by atoms with Gasteiger partial charge in [0.1, 0.15) is 0 Å². The monoisotopic (exact) mass is 400 g/mol. The zero-order valence-electron chi connectivity index (χ0n) is 15.2. The molecule has 0 fully saturated rings. The Hall–Kier alpha value is -1.94. The van der Waals surface area contributed by atoms with E-state index in [2.05, 4.69) is 74.9 Å². The van der Waals surface area contributed by atoms with E-state index in [1.807, 2.05) is 17.0 Å². The maximum atomic E-state index is 12.9. The fraction of sp³-hybridized carbons (Fsp3) is 0.333. The Morgan fingerprint density at radius 2 is 1.48 bits per heavy atom. The largest absolute Gasteiger partial charge is 1.00 e. The summed E-state index contributed by atoms with van der Waals surface area (Å²) in [5.74, 6) is 0.158. The number of hydrogen-bond donors (Lipinski definition) is 0. The van der Waals surface area contributed by atoms with E-state index in [9.17, 15) is 4.79 Å². The van der Waals surface area contributed by atoms with Gasteiger partial charge < -0.3 is 21.9 Å². The van der Waals surface area contributed by atoms with Crippen LogP contribution < -0.4 is 21.5 Å². The number of pyridine rings is 1. The number of halogens is 1. The first-order valence-electron chi connectivity index (χ1n) is 8.60. The fourth-order valence-corrected chi connectivity index (χ4v) is 3.57. The molecule has 4 heteroatoms. The number of carbonyl (C=O) groups excluding carboxylic acids is 1. The topological polar surface area (TPSA) is 24.2 Å². The third-order valence-corrected chi connectivity index (χ3v) is 4.47. The van der Waals surface area contributed by atoms with E-state index in [1.54, 1.807) is 0 Å². The van der Waals surface area contributed by atoms with Gasteiger partial charge in [0.15, 0.2) is 6.20 Å². The summed E-state index contributed by atoms with van der Waals surface area (Å²) >= 11 is 0. The normalized spacial score (nSPS) is 11.1. The first-order valence-corrected chi connectivity index (χ1v) is 8.60. The molecule has 1 aromatic heterocycles. The lowest BCUT2D eigenvalue weighted by atomic mass is 10.1. The van der Waals surface area contributed by atoms with E-state index in [4.69, 9.17) is 0 Å². The van der Waals surface area contributed by atoms with Gasteiger partial charge in [-0.1, -0.05) is 30.3 Å². The van der Waals surface area contributed by atoms with E-state index in [1.165, 1.54) is 10.8 Å². The Balaban J connectivity index is 0.00000225. The van der Waals surface area contributed by atoms with Crippen LogP contribution in [0.25, 0.3) is 21.7 Å². The predicted octanol–water partition coefficient (Wildman–Crippen LogP) is 0.930. The van der Waals surface area contributed by atoms with Crippen molar-refractivity contribution in [3.8, 4) is 0 Å². The summed E-state index contributed by atoms with van der Waals surface area (Å²) in [5.41, 5.74) is 1.09. The highest BCUT2D eigenvalue weighted by molar-refractivity contribution is 6.03. The Morgan fingerprint density at radius 1 is 0.920 bits per heavy atom. The molecule has 0 saturated heterocycles. The maximum absolute atomic E-state index is 12.9. The molecule has 0 atom stereocenters. The van der Waals surface area contributed by atoms with Gasteiger partial charge >= 0.3 is 0 Å². The number of rotatable bonds is 4. The van der Waals surface area contributed by atoms with E-state index >= 15 is 0 Å². The van der Waals surface area contributed by atoms with Gasteiger partial charge in [0, 0.05) is 28.9 Å². The Labute approximate surface area is 160 Å². The number of aromatic nitrogens is 1. The summed E-state index contributed by atoms with van der Waals surface area (Å²) in [6, 6.07) is 17.0. The van der Waals surface area contributed by atoms with Crippen molar-refractivity contribution in [1.82, 2.24) is 4.90 Å². The van der Waals surface area contributed by atoms with Gasteiger partial charge in [0.2, 0.25) is 12.1 Å². The van der Waals surface area contributed by atoms with Crippen LogP contribution in [-0.2, 0) is 11.3 Å². The van der Waals surface area contributed by atoms with Gasteiger partial charge in [-0.05, 0) is 39.8 Å². The maximum Gasteiger partial charge on any atom is 0.289 e. The summed E-state index contributed by atoms with van der Waals surface area (Å²) in [6.45, 7) is 8.64. The van der Waals surface area contributed by atoms with Gasteiger partial charge in [-0.15, -0.1) is 0 Å². The number of carbonyl (C=O) groups is 1. The lowest BCUT2D eigenvalue weighted by Crippen LogP contribution is -3.00. The zero-order valence-corrected chi connectivity index (χ0v) is 16.8. The average Bonchev–Trinajstić information content (AvgIpc) is 2.54. The minimum absolute atomic E-state index is 0. The molecule has 1 amide bonds. The van der Waals surface area contributed by atoms with E-state index in [0.29, 0.717) is 6.54 Å². The fourth-order valence-electron chi connectivity index (χ4n) is 3.57. The molecule has 0 aliphatic carbocycles. The minimum Gasteiger partial charge on any atom is -1.00 e. The van der Waals surface area contributed by atoms with E-state index < -0.39 is 0 Å². The Bertz CT molecular complexity index is 881. The molecule has 0 aliphatic heterocycles. The van der Waals surface area contributed by atoms with Crippen LogP contribution in [0.15, 0.2) is 54.7 Å². The molecule has 3 nitrogen and oxygen atoms in total. The molecule has 0 N–H and O–H groups in total. The van der Waals surface area contributed by atoms with Gasteiger partial charge in [-0.2, -0.15) is 4.57 Å². The Morgan fingerprint density at radius 3 is 2.12 bits per heavy atom. The molecule has 132 valence electrons. The molecule has 3 aromatic rings. The second-order valence-electron chi connectivity index (χ2n) is 6.85. The molecular formula is C21H25BrN2O. The molecular weight excluding hydrogens is 376 g/mol. The number of nitrogens with zero attached hydrogens (tertiary/aromatic N) is 2.